The number of hydrogen-bond acceptors (Lipinski definition) is 5. The van der Waals surface area contributed by atoms with Crippen LogP contribution in [-0.2, 0) is 4.74 Å². The van der Waals surface area contributed by atoms with Crippen LogP contribution in [-0.4, -0.2) is 31.8 Å². The number of para-hydroxylation sites is 1. The lowest BCUT2D eigenvalue weighted by Crippen LogP contribution is -2.32. The Morgan fingerprint density at radius 1 is 1.17 bits per heavy atom. The zero-order valence-electron chi connectivity index (χ0n) is 13.2. The highest BCUT2D eigenvalue weighted by Crippen LogP contribution is 2.26. The standard InChI is InChI=1S/C18H21N3O2/c1-2-21(12-14-13-22-18(19)20-14)15-7-6-10-17(11-15)23-16-8-4-3-5-9-16/h3-11,14H,2,12-13H2,1H3,(H2,19,20). The molecule has 1 aliphatic heterocycles. The topological polar surface area (TPSA) is 60.1 Å². The zero-order chi connectivity index (χ0) is 16.1. The monoisotopic (exact) mass is 311 g/mol. The lowest BCUT2D eigenvalue weighted by Gasteiger charge is -2.25. The number of ether oxygens (including phenoxy) is 2. The molecule has 0 aliphatic carbocycles. The van der Waals surface area contributed by atoms with Gasteiger partial charge in [0.1, 0.15) is 24.1 Å². The molecule has 0 radical (unpaired) electrons. The smallest absolute Gasteiger partial charge is 0.282 e. The van der Waals surface area contributed by atoms with E-state index < -0.39 is 0 Å². The minimum Gasteiger partial charge on any atom is -0.463 e. The molecule has 23 heavy (non-hydrogen) atoms. The second-order valence-corrected chi connectivity index (χ2v) is 5.38. The van der Waals surface area contributed by atoms with E-state index in [2.05, 4.69) is 22.9 Å². The molecular formula is C18H21N3O2. The molecule has 2 aromatic carbocycles. The molecule has 0 spiro atoms. The summed E-state index contributed by atoms with van der Waals surface area (Å²) in [4.78, 5) is 6.54. The Balaban J connectivity index is 1.72. The molecule has 0 saturated heterocycles. The Kier molecular flexibility index (Phi) is 4.66. The molecule has 0 amide bonds. The van der Waals surface area contributed by atoms with Crippen LogP contribution in [0.4, 0.5) is 5.69 Å². The molecule has 2 N–H and O–H groups in total. The largest absolute Gasteiger partial charge is 0.463 e. The fourth-order valence-electron chi connectivity index (χ4n) is 2.57. The minimum absolute atomic E-state index is 0.0775. The first-order chi connectivity index (χ1) is 11.2. The Morgan fingerprint density at radius 3 is 2.65 bits per heavy atom. The van der Waals surface area contributed by atoms with Crippen LogP contribution in [0.25, 0.3) is 0 Å². The Bertz CT molecular complexity index is 673. The molecule has 0 bridgehead atoms. The van der Waals surface area contributed by atoms with Crippen molar-refractivity contribution in [1.82, 2.24) is 0 Å². The van der Waals surface area contributed by atoms with Crippen LogP contribution in [0.3, 0.4) is 0 Å². The third-order valence-electron chi connectivity index (χ3n) is 3.71. The summed E-state index contributed by atoms with van der Waals surface area (Å²) in [6, 6.07) is 18.2. The van der Waals surface area contributed by atoms with Gasteiger partial charge in [-0.3, -0.25) is 0 Å². The summed E-state index contributed by atoms with van der Waals surface area (Å²) in [6.45, 7) is 4.31. The second kappa shape index (κ2) is 7.05. The van der Waals surface area contributed by atoms with E-state index in [0.717, 1.165) is 30.3 Å². The molecule has 120 valence electrons. The molecule has 0 fully saturated rings. The number of aliphatic imine (C=N–C) groups is 1. The van der Waals surface area contributed by atoms with Crippen LogP contribution in [0.2, 0.25) is 0 Å². The highest BCUT2D eigenvalue weighted by molar-refractivity contribution is 5.73. The van der Waals surface area contributed by atoms with Gasteiger partial charge >= 0.3 is 0 Å². The first kappa shape index (κ1) is 15.2. The van der Waals surface area contributed by atoms with Crippen molar-refractivity contribution in [2.45, 2.75) is 13.0 Å². The first-order valence-corrected chi connectivity index (χ1v) is 7.78. The predicted octanol–water partition coefficient (Wildman–Crippen LogP) is 3.02. The van der Waals surface area contributed by atoms with Gasteiger partial charge in [-0.2, -0.15) is 0 Å². The third-order valence-corrected chi connectivity index (χ3v) is 3.71. The summed E-state index contributed by atoms with van der Waals surface area (Å²) in [7, 11) is 0. The van der Waals surface area contributed by atoms with Crippen LogP contribution in [0.5, 0.6) is 11.5 Å². The molecule has 3 rings (SSSR count). The van der Waals surface area contributed by atoms with Crippen molar-refractivity contribution in [2.75, 3.05) is 24.6 Å². The van der Waals surface area contributed by atoms with Crippen molar-refractivity contribution in [3.8, 4) is 11.5 Å². The van der Waals surface area contributed by atoms with Crippen LogP contribution < -0.4 is 15.4 Å². The van der Waals surface area contributed by atoms with Gasteiger partial charge in [-0.1, -0.05) is 24.3 Å². The van der Waals surface area contributed by atoms with Gasteiger partial charge in [-0.25, -0.2) is 4.99 Å². The molecular weight excluding hydrogens is 290 g/mol. The molecule has 5 nitrogen and oxygen atoms in total. The second-order valence-electron chi connectivity index (χ2n) is 5.38. The maximum Gasteiger partial charge on any atom is 0.282 e. The van der Waals surface area contributed by atoms with Gasteiger partial charge in [0.25, 0.3) is 6.02 Å². The number of hydrogen-bond donors (Lipinski definition) is 1. The number of nitrogens with zero attached hydrogens (tertiary/aromatic N) is 2. The molecule has 1 atom stereocenters. The summed E-state index contributed by atoms with van der Waals surface area (Å²) < 4.78 is 11.1. The average molecular weight is 311 g/mol. The van der Waals surface area contributed by atoms with E-state index in [0.29, 0.717) is 6.61 Å². The van der Waals surface area contributed by atoms with E-state index in [4.69, 9.17) is 15.2 Å². The number of rotatable bonds is 6. The first-order valence-electron chi connectivity index (χ1n) is 7.78. The van der Waals surface area contributed by atoms with Crippen molar-refractivity contribution in [3.05, 3.63) is 54.6 Å². The average Bonchev–Trinajstić information content (AvgIpc) is 2.99. The Morgan fingerprint density at radius 2 is 1.96 bits per heavy atom. The number of amidine groups is 1. The van der Waals surface area contributed by atoms with E-state index >= 15 is 0 Å². The quantitative estimate of drug-likeness (QED) is 0.891. The Labute approximate surface area is 136 Å². The van der Waals surface area contributed by atoms with Crippen molar-refractivity contribution in [2.24, 2.45) is 10.7 Å². The van der Waals surface area contributed by atoms with Gasteiger partial charge in [0, 0.05) is 24.8 Å². The van der Waals surface area contributed by atoms with E-state index in [9.17, 15) is 0 Å². The summed E-state index contributed by atoms with van der Waals surface area (Å²) in [6.07, 6.45) is 0. The van der Waals surface area contributed by atoms with Gasteiger partial charge in [-0.05, 0) is 31.2 Å². The maximum atomic E-state index is 5.90. The number of benzene rings is 2. The minimum atomic E-state index is 0.0775. The van der Waals surface area contributed by atoms with Crippen LogP contribution in [0, 0.1) is 0 Å². The summed E-state index contributed by atoms with van der Waals surface area (Å²) in [5, 5.41) is 0. The maximum absolute atomic E-state index is 5.90. The summed E-state index contributed by atoms with van der Waals surface area (Å²) in [5.74, 6) is 1.65. The third kappa shape index (κ3) is 3.94. The van der Waals surface area contributed by atoms with Crippen LogP contribution in [0.15, 0.2) is 59.6 Å². The van der Waals surface area contributed by atoms with Gasteiger partial charge < -0.3 is 20.1 Å². The number of nitrogens with two attached hydrogens (primary N) is 1. The van der Waals surface area contributed by atoms with Gasteiger partial charge in [0.15, 0.2) is 0 Å². The van der Waals surface area contributed by atoms with Crippen molar-refractivity contribution < 1.29 is 9.47 Å². The number of likely N-dealkylation sites (N-methyl/N-ethyl adjacent to an activating group) is 1. The number of anilines is 1. The molecule has 5 heteroatoms. The van der Waals surface area contributed by atoms with E-state index in [1.807, 2.05) is 48.5 Å². The molecule has 0 aromatic heterocycles. The SMILES string of the molecule is CCN(CC1COC(N)=N1)c1cccc(Oc2ccccc2)c1. The van der Waals surface area contributed by atoms with Crippen molar-refractivity contribution >= 4 is 11.7 Å². The highest BCUT2D eigenvalue weighted by Gasteiger charge is 2.20. The normalized spacial score (nSPS) is 16.6. The van der Waals surface area contributed by atoms with Gasteiger partial charge in [0.2, 0.25) is 0 Å². The van der Waals surface area contributed by atoms with E-state index in [-0.39, 0.29) is 12.1 Å². The van der Waals surface area contributed by atoms with Crippen molar-refractivity contribution in [1.29, 1.82) is 0 Å². The zero-order valence-corrected chi connectivity index (χ0v) is 13.2. The highest BCUT2D eigenvalue weighted by atomic mass is 16.5. The lowest BCUT2D eigenvalue weighted by molar-refractivity contribution is 0.313. The summed E-state index contributed by atoms with van der Waals surface area (Å²) >= 11 is 0. The predicted molar refractivity (Wildman–Crippen MR) is 92.2 cm³/mol. The lowest BCUT2D eigenvalue weighted by atomic mass is 10.2. The molecule has 1 unspecified atom stereocenters. The van der Waals surface area contributed by atoms with Gasteiger partial charge in [0.05, 0.1) is 0 Å². The molecule has 1 aliphatic rings. The van der Waals surface area contributed by atoms with Crippen LogP contribution in [0.1, 0.15) is 6.92 Å². The van der Waals surface area contributed by atoms with E-state index in [1.165, 1.54) is 0 Å². The fourth-order valence-corrected chi connectivity index (χ4v) is 2.57. The Hall–Kier alpha value is -2.69. The van der Waals surface area contributed by atoms with Gasteiger partial charge in [-0.15, -0.1) is 0 Å². The molecule has 0 saturated carbocycles. The van der Waals surface area contributed by atoms with Crippen LogP contribution >= 0.6 is 0 Å². The fraction of sp³-hybridized carbons (Fsp3) is 0.278. The van der Waals surface area contributed by atoms with Crippen molar-refractivity contribution in [3.63, 3.8) is 0 Å². The molecule has 1 heterocycles. The van der Waals surface area contributed by atoms with E-state index in [1.54, 1.807) is 0 Å². The molecule has 2 aromatic rings. The summed E-state index contributed by atoms with van der Waals surface area (Å²) in [5.41, 5.74) is 6.68.